The van der Waals surface area contributed by atoms with Crippen molar-refractivity contribution in [1.82, 2.24) is 24.1 Å². The van der Waals surface area contributed by atoms with E-state index in [1.54, 1.807) is 18.2 Å². The lowest BCUT2D eigenvalue weighted by molar-refractivity contribution is -0.00778. The number of piperidine rings is 1. The maximum absolute atomic E-state index is 14.6. The van der Waals surface area contributed by atoms with Crippen LogP contribution in [-0.4, -0.2) is 85.7 Å². The summed E-state index contributed by atoms with van der Waals surface area (Å²) in [5.41, 5.74) is 0.567. The van der Waals surface area contributed by atoms with E-state index in [9.17, 15) is 8.60 Å². The second kappa shape index (κ2) is 10.5. The average Bonchev–Trinajstić information content (AvgIpc) is 2.79. The molecular weight excluding hydrogens is 501 g/mol. The summed E-state index contributed by atoms with van der Waals surface area (Å²) < 4.78 is 29.6. The van der Waals surface area contributed by atoms with Crippen molar-refractivity contribution in [3.63, 3.8) is 0 Å². The Balaban J connectivity index is 1.46. The van der Waals surface area contributed by atoms with E-state index in [4.69, 9.17) is 11.6 Å². The van der Waals surface area contributed by atoms with Crippen LogP contribution >= 0.6 is 11.6 Å². The van der Waals surface area contributed by atoms with E-state index in [1.165, 1.54) is 6.20 Å². The van der Waals surface area contributed by atoms with Gasteiger partial charge in [-0.25, -0.2) is 17.9 Å². The average molecular weight is 538 g/mol. The fourth-order valence-electron chi connectivity index (χ4n) is 5.14. The number of aromatic nitrogens is 2. The van der Waals surface area contributed by atoms with Gasteiger partial charge in [-0.1, -0.05) is 11.6 Å². The largest absolute Gasteiger partial charge is 0.365 e. The third kappa shape index (κ3) is 5.99. The standard InChI is InChI=1S/C25H37ClFN7OS/c1-24(2)14-18(15-25(3,4)33(24)6)29-22-20(27)16-28-23(31-22)30-17-7-8-21(19(26)13-17)36(35)34-11-9-32(5)10-12-34/h7-8,13,16,18H,9-12,14-15H2,1-6H3,(H2,28,29,30,31). The zero-order chi connectivity index (χ0) is 26.3. The van der Waals surface area contributed by atoms with Crippen molar-refractivity contribution < 1.29 is 8.60 Å². The Morgan fingerprint density at radius 2 is 1.72 bits per heavy atom. The molecule has 2 aromatic rings. The van der Waals surface area contributed by atoms with Gasteiger partial charge in [0.1, 0.15) is 11.0 Å². The Bertz CT molecular complexity index is 1110. The van der Waals surface area contributed by atoms with Crippen molar-refractivity contribution in [1.29, 1.82) is 0 Å². The number of benzene rings is 1. The number of nitrogens with one attached hydrogen (secondary N) is 2. The Kier molecular flexibility index (Phi) is 7.92. The molecule has 2 N–H and O–H groups in total. The Morgan fingerprint density at radius 3 is 2.33 bits per heavy atom. The molecule has 0 saturated carbocycles. The Morgan fingerprint density at radius 1 is 1.08 bits per heavy atom. The van der Waals surface area contributed by atoms with E-state index < -0.39 is 16.8 Å². The minimum Gasteiger partial charge on any atom is -0.365 e. The monoisotopic (exact) mass is 537 g/mol. The van der Waals surface area contributed by atoms with Crippen LogP contribution in [0.2, 0.25) is 5.02 Å². The van der Waals surface area contributed by atoms with Crippen LogP contribution in [0.15, 0.2) is 29.3 Å². The predicted octanol–water partition coefficient (Wildman–Crippen LogP) is 4.35. The fourth-order valence-corrected chi connectivity index (χ4v) is 6.70. The normalized spacial score (nSPS) is 22.3. The Labute approximate surface area is 221 Å². The van der Waals surface area contributed by atoms with Crippen LogP contribution in [0.25, 0.3) is 0 Å². The first-order valence-corrected chi connectivity index (χ1v) is 13.8. The van der Waals surface area contributed by atoms with E-state index in [-0.39, 0.29) is 28.9 Å². The summed E-state index contributed by atoms with van der Waals surface area (Å²) >= 11 is 6.50. The Hall–Kier alpha value is -1.85. The van der Waals surface area contributed by atoms with Crippen LogP contribution in [0.4, 0.5) is 21.8 Å². The van der Waals surface area contributed by atoms with Gasteiger partial charge in [0.05, 0.1) is 16.1 Å². The number of likely N-dealkylation sites (N-methyl/N-ethyl adjacent to an activating group) is 1. The highest BCUT2D eigenvalue weighted by molar-refractivity contribution is 7.82. The van der Waals surface area contributed by atoms with Gasteiger partial charge in [-0.3, -0.25) is 4.90 Å². The number of hydrogen-bond acceptors (Lipinski definition) is 7. The zero-order valence-electron chi connectivity index (χ0n) is 21.9. The van der Waals surface area contributed by atoms with E-state index in [0.29, 0.717) is 15.6 Å². The molecule has 8 nitrogen and oxygen atoms in total. The maximum Gasteiger partial charge on any atom is 0.229 e. The number of rotatable bonds is 6. The first kappa shape index (κ1) is 27.2. The van der Waals surface area contributed by atoms with Gasteiger partial charge in [0.25, 0.3) is 0 Å². The van der Waals surface area contributed by atoms with Crippen molar-refractivity contribution in [3.05, 3.63) is 35.2 Å². The van der Waals surface area contributed by atoms with Crippen LogP contribution in [0.5, 0.6) is 0 Å². The number of hydrogen-bond donors (Lipinski definition) is 2. The molecule has 0 amide bonds. The summed E-state index contributed by atoms with van der Waals surface area (Å²) in [6, 6.07) is 5.32. The minimum absolute atomic E-state index is 0.0350. The molecule has 0 bridgehead atoms. The van der Waals surface area contributed by atoms with Gasteiger partial charge in [-0.05, 0) is 72.8 Å². The van der Waals surface area contributed by atoms with E-state index >= 15 is 0 Å². The molecule has 2 aliphatic heterocycles. The number of anilines is 3. The summed E-state index contributed by atoms with van der Waals surface area (Å²) in [7, 11) is 2.87. The maximum atomic E-state index is 14.6. The van der Waals surface area contributed by atoms with E-state index in [2.05, 4.69) is 72.2 Å². The predicted molar refractivity (Wildman–Crippen MR) is 145 cm³/mol. The first-order chi connectivity index (χ1) is 16.9. The second-order valence-electron chi connectivity index (χ2n) is 11.1. The van der Waals surface area contributed by atoms with Crippen molar-refractivity contribution in [2.45, 2.75) is 62.6 Å². The van der Waals surface area contributed by atoms with Gasteiger partial charge in [-0.15, -0.1) is 0 Å². The van der Waals surface area contributed by atoms with Crippen molar-refractivity contribution >= 4 is 40.0 Å². The number of likely N-dealkylation sites (tertiary alicyclic amines) is 1. The van der Waals surface area contributed by atoms with Crippen LogP contribution < -0.4 is 10.6 Å². The number of halogens is 2. The highest BCUT2D eigenvalue weighted by Gasteiger charge is 2.43. The number of piperazine rings is 1. The third-order valence-electron chi connectivity index (χ3n) is 7.47. The third-order valence-corrected chi connectivity index (χ3v) is 9.46. The van der Waals surface area contributed by atoms with Crippen LogP contribution in [0.1, 0.15) is 40.5 Å². The molecule has 11 heteroatoms. The lowest BCUT2D eigenvalue weighted by Gasteiger charge is -2.53. The summed E-state index contributed by atoms with van der Waals surface area (Å²) in [6.45, 7) is 12.0. The second-order valence-corrected chi connectivity index (χ2v) is 12.9. The van der Waals surface area contributed by atoms with Gasteiger partial charge in [0.2, 0.25) is 5.95 Å². The molecule has 0 spiro atoms. The van der Waals surface area contributed by atoms with Gasteiger partial charge >= 0.3 is 0 Å². The molecule has 2 aliphatic rings. The SMILES string of the molecule is CN1CCN(S(=O)c2ccc(Nc3ncc(F)c(NC4CC(C)(C)N(C)C(C)(C)C4)n3)cc2Cl)CC1. The molecule has 2 saturated heterocycles. The molecule has 1 atom stereocenters. The number of nitrogens with zero attached hydrogens (tertiary/aromatic N) is 5. The summed E-state index contributed by atoms with van der Waals surface area (Å²) in [5.74, 6) is -0.0621. The van der Waals surface area contributed by atoms with Gasteiger partial charge < -0.3 is 15.5 Å². The van der Waals surface area contributed by atoms with Crippen molar-refractivity contribution in [2.24, 2.45) is 0 Å². The fraction of sp³-hybridized carbons (Fsp3) is 0.600. The zero-order valence-corrected chi connectivity index (χ0v) is 23.5. The van der Waals surface area contributed by atoms with E-state index in [0.717, 1.165) is 39.0 Å². The van der Waals surface area contributed by atoms with Gasteiger partial charge in [-0.2, -0.15) is 4.98 Å². The van der Waals surface area contributed by atoms with Crippen molar-refractivity contribution in [2.75, 3.05) is 50.9 Å². The highest BCUT2D eigenvalue weighted by atomic mass is 35.5. The smallest absolute Gasteiger partial charge is 0.229 e. The van der Waals surface area contributed by atoms with E-state index in [1.807, 2.05) is 4.31 Å². The van der Waals surface area contributed by atoms with Gasteiger partial charge in [0, 0.05) is 49.0 Å². The van der Waals surface area contributed by atoms with Crippen LogP contribution in [0, 0.1) is 5.82 Å². The van der Waals surface area contributed by atoms with Crippen LogP contribution in [-0.2, 0) is 11.0 Å². The first-order valence-electron chi connectivity index (χ1n) is 12.3. The molecule has 0 radical (unpaired) electrons. The summed E-state index contributed by atoms with van der Waals surface area (Å²) in [5, 5.41) is 6.81. The molecule has 4 rings (SSSR count). The molecule has 2 fully saturated rings. The molecule has 0 aliphatic carbocycles. The molecule has 198 valence electrons. The molecule has 1 aromatic heterocycles. The molecule has 3 heterocycles. The van der Waals surface area contributed by atoms with Gasteiger partial charge in [0.15, 0.2) is 11.6 Å². The van der Waals surface area contributed by atoms with Crippen LogP contribution in [0.3, 0.4) is 0 Å². The molecular formula is C25H37ClFN7OS. The summed E-state index contributed by atoms with van der Waals surface area (Å²) in [6.07, 6.45) is 2.89. The lowest BCUT2D eigenvalue weighted by atomic mass is 9.77. The van der Waals surface area contributed by atoms with Crippen molar-refractivity contribution in [3.8, 4) is 0 Å². The summed E-state index contributed by atoms with van der Waals surface area (Å²) in [4.78, 5) is 13.7. The molecule has 1 unspecified atom stereocenters. The quantitative estimate of drug-likeness (QED) is 0.567. The topological polar surface area (TPSA) is 76.6 Å². The lowest BCUT2D eigenvalue weighted by Crippen LogP contribution is -2.61. The minimum atomic E-state index is -1.33. The molecule has 1 aromatic carbocycles. The highest BCUT2D eigenvalue weighted by Crippen LogP contribution is 2.38. The molecule has 36 heavy (non-hydrogen) atoms.